The zero-order valence-corrected chi connectivity index (χ0v) is 10.7. The van der Waals surface area contributed by atoms with Gasteiger partial charge in [-0.15, -0.1) is 0 Å². The first kappa shape index (κ1) is 13.1. The summed E-state index contributed by atoms with van der Waals surface area (Å²) in [5.41, 5.74) is 0.579. The Kier molecular flexibility index (Phi) is 3.27. The van der Waals surface area contributed by atoms with Crippen molar-refractivity contribution in [1.82, 2.24) is 9.66 Å². The first-order chi connectivity index (χ1) is 10.1. The Bertz CT molecular complexity index is 903. The summed E-state index contributed by atoms with van der Waals surface area (Å²) in [5, 5.41) is 4.36. The van der Waals surface area contributed by atoms with Crippen LogP contribution >= 0.6 is 0 Å². The molecule has 0 N–H and O–H groups in total. The van der Waals surface area contributed by atoms with Crippen LogP contribution in [0.4, 0.5) is 8.78 Å². The minimum Gasteiger partial charge on any atom is -0.267 e. The highest BCUT2D eigenvalue weighted by Crippen LogP contribution is 2.07. The number of fused-ring (bicyclic) bond motifs is 1. The lowest BCUT2D eigenvalue weighted by Crippen LogP contribution is -2.16. The molecule has 3 aromatic rings. The van der Waals surface area contributed by atoms with Crippen molar-refractivity contribution in [1.29, 1.82) is 0 Å². The van der Waals surface area contributed by atoms with E-state index < -0.39 is 11.6 Å². The maximum Gasteiger partial charge on any atom is 0.281 e. The maximum absolute atomic E-state index is 13.1. The van der Waals surface area contributed by atoms with Crippen molar-refractivity contribution in [3.63, 3.8) is 0 Å². The molecular weight excluding hydrogens is 276 g/mol. The number of benzene rings is 2. The van der Waals surface area contributed by atoms with Crippen LogP contribution in [-0.2, 0) is 0 Å². The molecule has 0 saturated heterocycles. The van der Waals surface area contributed by atoms with E-state index in [0.717, 1.165) is 16.8 Å². The summed E-state index contributed by atoms with van der Waals surface area (Å²) >= 11 is 0. The number of hydrogen-bond donors (Lipinski definition) is 0. The van der Waals surface area contributed by atoms with E-state index in [-0.39, 0.29) is 5.56 Å². The highest BCUT2D eigenvalue weighted by molar-refractivity contribution is 5.80. The van der Waals surface area contributed by atoms with E-state index in [2.05, 4.69) is 10.1 Å². The lowest BCUT2D eigenvalue weighted by molar-refractivity contribution is 0.508. The van der Waals surface area contributed by atoms with E-state index in [9.17, 15) is 13.6 Å². The molecule has 0 fully saturated rings. The maximum atomic E-state index is 13.1. The standard InChI is InChI=1S/C15H9F2N3O/c16-12-6-5-10(7-13(12)17)8-19-20-9-18-14-4-2-1-3-11(14)15(20)21/h1-9H/b19-8+. The Hall–Kier alpha value is -2.89. The zero-order valence-electron chi connectivity index (χ0n) is 10.7. The van der Waals surface area contributed by atoms with E-state index in [4.69, 9.17) is 0 Å². The average Bonchev–Trinajstić information content (AvgIpc) is 2.50. The molecule has 1 aromatic heterocycles. The summed E-state index contributed by atoms with van der Waals surface area (Å²) in [5.74, 6) is -1.90. The molecule has 0 atom stereocenters. The molecule has 0 saturated carbocycles. The lowest BCUT2D eigenvalue weighted by atomic mass is 10.2. The molecule has 0 aliphatic rings. The number of rotatable bonds is 2. The highest BCUT2D eigenvalue weighted by atomic mass is 19.2. The van der Waals surface area contributed by atoms with E-state index in [1.807, 2.05) is 0 Å². The van der Waals surface area contributed by atoms with Crippen molar-refractivity contribution < 1.29 is 8.78 Å². The minimum atomic E-state index is -0.970. The van der Waals surface area contributed by atoms with Gasteiger partial charge in [0.2, 0.25) is 0 Å². The predicted molar refractivity (Wildman–Crippen MR) is 75.4 cm³/mol. The molecule has 21 heavy (non-hydrogen) atoms. The van der Waals surface area contributed by atoms with Gasteiger partial charge in [0.25, 0.3) is 5.56 Å². The van der Waals surface area contributed by atoms with Crippen LogP contribution in [0, 0.1) is 11.6 Å². The van der Waals surface area contributed by atoms with Crippen molar-refractivity contribution in [2.24, 2.45) is 5.10 Å². The third kappa shape index (κ3) is 2.55. The molecule has 2 aromatic carbocycles. The first-order valence-electron chi connectivity index (χ1n) is 6.11. The Morgan fingerprint density at radius 3 is 2.71 bits per heavy atom. The summed E-state index contributed by atoms with van der Waals surface area (Å²) in [7, 11) is 0. The van der Waals surface area contributed by atoms with E-state index in [0.29, 0.717) is 16.5 Å². The molecule has 3 rings (SSSR count). The fourth-order valence-corrected chi connectivity index (χ4v) is 1.86. The smallest absolute Gasteiger partial charge is 0.267 e. The number of nitrogens with zero attached hydrogens (tertiary/aromatic N) is 3. The molecule has 0 aliphatic heterocycles. The molecule has 1 heterocycles. The molecule has 4 nitrogen and oxygen atoms in total. The number of para-hydroxylation sites is 1. The fourth-order valence-electron chi connectivity index (χ4n) is 1.86. The van der Waals surface area contributed by atoms with Crippen LogP contribution < -0.4 is 5.56 Å². The third-order valence-corrected chi connectivity index (χ3v) is 2.92. The zero-order chi connectivity index (χ0) is 14.8. The molecule has 0 radical (unpaired) electrons. The van der Waals surface area contributed by atoms with Gasteiger partial charge in [0, 0.05) is 0 Å². The fraction of sp³-hybridized carbons (Fsp3) is 0. The first-order valence-corrected chi connectivity index (χ1v) is 6.11. The molecular formula is C15H9F2N3O. The number of aromatic nitrogens is 2. The Balaban J connectivity index is 2.01. The quantitative estimate of drug-likeness (QED) is 0.679. The van der Waals surface area contributed by atoms with Gasteiger partial charge in [-0.1, -0.05) is 18.2 Å². The largest absolute Gasteiger partial charge is 0.281 e. The van der Waals surface area contributed by atoms with Crippen molar-refractivity contribution in [2.45, 2.75) is 0 Å². The monoisotopic (exact) mass is 285 g/mol. The van der Waals surface area contributed by atoms with E-state index in [1.54, 1.807) is 24.3 Å². The average molecular weight is 285 g/mol. The van der Waals surface area contributed by atoms with Gasteiger partial charge in [-0.2, -0.15) is 9.78 Å². The summed E-state index contributed by atoms with van der Waals surface area (Å²) < 4.78 is 26.9. The molecule has 0 unspecified atom stereocenters. The van der Waals surface area contributed by atoms with Crippen molar-refractivity contribution >= 4 is 17.1 Å². The Labute approximate surface area is 118 Å². The van der Waals surface area contributed by atoms with Crippen LogP contribution in [-0.4, -0.2) is 15.9 Å². The van der Waals surface area contributed by atoms with Crippen LogP contribution in [0.1, 0.15) is 5.56 Å². The summed E-state index contributed by atoms with van der Waals surface area (Å²) in [6.07, 6.45) is 2.54. The SMILES string of the molecule is O=c1c2ccccc2ncn1/N=C/c1ccc(F)c(F)c1. The van der Waals surface area contributed by atoms with Gasteiger partial charge in [0.05, 0.1) is 17.1 Å². The summed E-state index contributed by atoms with van der Waals surface area (Å²) in [6.45, 7) is 0. The molecule has 0 amide bonds. The van der Waals surface area contributed by atoms with Crippen molar-refractivity contribution in [3.8, 4) is 0 Å². The normalized spacial score (nSPS) is 11.3. The number of halogens is 2. The summed E-state index contributed by atoms with van der Waals surface area (Å²) in [6, 6.07) is 10.2. The van der Waals surface area contributed by atoms with Gasteiger partial charge in [-0.25, -0.2) is 13.8 Å². The molecule has 0 bridgehead atoms. The van der Waals surface area contributed by atoms with Crippen LogP contribution in [0.2, 0.25) is 0 Å². The van der Waals surface area contributed by atoms with Crippen LogP contribution in [0.25, 0.3) is 10.9 Å². The summed E-state index contributed by atoms with van der Waals surface area (Å²) in [4.78, 5) is 16.2. The van der Waals surface area contributed by atoms with E-state index >= 15 is 0 Å². The van der Waals surface area contributed by atoms with Gasteiger partial charge in [0.15, 0.2) is 11.6 Å². The highest BCUT2D eigenvalue weighted by Gasteiger charge is 2.03. The molecule has 0 spiro atoms. The van der Waals surface area contributed by atoms with Gasteiger partial charge >= 0.3 is 0 Å². The molecule has 0 aliphatic carbocycles. The van der Waals surface area contributed by atoms with Gasteiger partial charge in [-0.3, -0.25) is 4.79 Å². The Morgan fingerprint density at radius 1 is 1.10 bits per heavy atom. The van der Waals surface area contributed by atoms with Crippen LogP contribution in [0.3, 0.4) is 0 Å². The van der Waals surface area contributed by atoms with Crippen LogP contribution in [0.15, 0.2) is 58.7 Å². The minimum absolute atomic E-state index is 0.334. The topological polar surface area (TPSA) is 47.2 Å². The Morgan fingerprint density at radius 2 is 1.90 bits per heavy atom. The second-order valence-electron chi connectivity index (χ2n) is 4.33. The predicted octanol–water partition coefficient (Wildman–Crippen LogP) is 2.56. The molecule has 6 heteroatoms. The molecule has 104 valence electrons. The third-order valence-electron chi connectivity index (χ3n) is 2.92. The van der Waals surface area contributed by atoms with Gasteiger partial charge < -0.3 is 0 Å². The lowest BCUT2D eigenvalue weighted by Gasteiger charge is -2.00. The van der Waals surface area contributed by atoms with E-state index in [1.165, 1.54) is 18.6 Å². The van der Waals surface area contributed by atoms with Gasteiger partial charge in [0.1, 0.15) is 6.33 Å². The van der Waals surface area contributed by atoms with Crippen molar-refractivity contribution in [3.05, 3.63) is 76.3 Å². The second-order valence-corrected chi connectivity index (χ2v) is 4.33. The van der Waals surface area contributed by atoms with Gasteiger partial charge in [-0.05, 0) is 29.8 Å². The van der Waals surface area contributed by atoms with Crippen LogP contribution in [0.5, 0.6) is 0 Å². The number of hydrogen-bond acceptors (Lipinski definition) is 3. The second kappa shape index (κ2) is 5.24. The van der Waals surface area contributed by atoms with Crippen molar-refractivity contribution in [2.75, 3.05) is 0 Å².